The van der Waals surface area contributed by atoms with Gasteiger partial charge in [-0.25, -0.2) is 0 Å². The molecule has 0 aromatic heterocycles. The van der Waals surface area contributed by atoms with E-state index in [1.54, 1.807) is 0 Å². The minimum atomic E-state index is -0.610. The lowest BCUT2D eigenvalue weighted by atomic mass is 9.48. The van der Waals surface area contributed by atoms with Gasteiger partial charge in [0.15, 0.2) is 0 Å². The monoisotopic (exact) mass is 253 g/mol. The molecule has 0 amide bonds. The van der Waals surface area contributed by atoms with Gasteiger partial charge in [0.2, 0.25) is 0 Å². The second-order valence-corrected chi connectivity index (χ2v) is 7.25. The Morgan fingerprint density at radius 2 is 1.61 bits per heavy atom. The largest absolute Gasteiger partial charge is 0.394 e. The van der Waals surface area contributed by atoms with Crippen LogP contribution in [0, 0.1) is 23.2 Å². The van der Waals surface area contributed by atoms with Crippen molar-refractivity contribution in [2.24, 2.45) is 23.2 Å². The number of nitrogens with one attached hydrogen (secondary N) is 1. The highest BCUT2D eigenvalue weighted by molar-refractivity contribution is 5.05. The van der Waals surface area contributed by atoms with E-state index in [0.29, 0.717) is 18.0 Å². The van der Waals surface area contributed by atoms with E-state index in [4.69, 9.17) is 5.11 Å². The molecule has 18 heavy (non-hydrogen) atoms. The fraction of sp³-hybridized carbons (Fsp3) is 1.00. The molecule has 0 heterocycles. The summed E-state index contributed by atoms with van der Waals surface area (Å²) in [4.78, 5) is 0. The van der Waals surface area contributed by atoms with Crippen molar-refractivity contribution in [3.8, 4) is 0 Å². The lowest BCUT2D eigenvalue weighted by Crippen LogP contribution is -2.55. The Labute approximate surface area is 110 Å². The molecule has 4 rings (SSSR count). The Bertz CT molecular complexity index is 270. The van der Waals surface area contributed by atoms with Crippen LogP contribution in [0.4, 0.5) is 0 Å². The molecule has 3 N–H and O–H groups in total. The summed E-state index contributed by atoms with van der Waals surface area (Å²) < 4.78 is 0. The van der Waals surface area contributed by atoms with Crippen LogP contribution in [0.5, 0.6) is 0 Å². The Balaban J connectivity index is 1.63. The first kappa shape index (κ1) is 12.9. The Morgan fingerprint density at radius 3 is 2.06 bits per heavy atom. The number of aliphatic hydroxyl groups excluding tert-OH is 2. The molecular weight excluding hydrogens is 226 g/mol. The second-order valence-electron chi connectivity index (χ2n) is 7.25. The summed E-state index contributed by atoms with van der Waals surface area (Å²) in [6, 6.07) is 0.479. The van der Waals surface area contributed by atoms with Gasteiger partial charge in [0.05, 0.1) is 12.7 Å². The van der Waals surface area contributed by atoms with Crippen LogP contribution in [0.15, 0.2) is 0 Å². The highest BCUT2D eigenvalue weighted by Crippen LogP contribution is 2.61. The van der Waals surface area contributed by atoms with Crippen LogP contribution in [-0.2, 0) is 0 Å². The summed E-state index contributed by atoms with van der Waals surface area (Å²) in [5, 5.41) is 21.8. The molecule has 4 fully saturated rings. The van der Waals surface area contributed by atoms with E-state index in [9.17, 15) is 5.11 Å². The molecule has 104 valence electrons. The smallest absolute Gasteiger partial charge is 0.0895 e. The first-order chi connectivity index (χ1) is 8.61. The maximum atomic E-state index is 9.48. The number of rotatable bonds is 5. The van der Waals surface area contributed by atoms with Crippen molar-refractivity contribution in [3.05, 3.63) is 0 Å². The van der Waals surface area contributed by atoms with E-state index in [0.717, 1.165) is 17.8 Å². The van der Waals surface area contributed by atoms with E-state index >= 15 is 0 Å². The molecule has 3 nitrogen and oxygen atoms in total. The SMILES string of the molecule is C[C@@H](NC[C@H](O)CO)C12CC3CC(CC(C3)C1)C2. The Hall–Kier alpha value is -0.120. The van der Waals surface area contributed by atoms with Crippen LogP contribution in [0.1, 0.15) is 45.4 Å². The van der Waals surface area contributed by atoms with Crippen molar-refractivity contribution in [2.75, 3.05) is 13.2 Å². The van der Waals surface area contributed by atoms with E-state index in [2.05, 4.69) is 12.2 Å². The molecule has 0 saturated heterocycles. The molecule has 0 radical (unpaired) electrons. The Kier molecular flexibility index (Phi) is 3.41. The average Bonchev–Trinajstić information content (AvgIpc) is 2.33. The summed E-state index contributed by atoms with van der Waals surface area (Å²) in [5.41, 5.74) is 0.490. The molecule has 4 aliphatic carbocycles. The first-order valence-corrected chi connectivity index (χ1v) is 7.63. The third-order valence-electron chi connectivity index (χ3n) is 5.87. The minimum absolute atomic E-state index is 0.138. The number of aliphatic hydroxyl groups is 2. The number of hydrogen-bond donors (Lipinski definition) is 3. The van der Waals surface area contributed by atoms with Crippen LogP contribution in [0.25, 0.3) is 0 Å². The maximum Gasteiger partial charge on any atom is 0.0895 e. The highest BCUT2D eigenvalue weighted by Gasteiger charge is 2.52. The normalized spacial score (nSPS) is 45.2. The molecule has 3 heteroatoms. The van der Waals surface area contributed by atoms with E-state index < -0.39 is 6.10 Å². The zero-order valence-electron chi connectivity index (χ0n) is 11.4. The second kappa shape index (κ2) is 4.77. The fourth-order valence-electron chi connectivity index (χ4n) is 5.30. The van der Waals surface area contributed by atoms with Gasteiger partial charge in [-0.1, -0.05) is 0 Å². The maximum absolute atomic E-state index is 9.48. The van der Waals surface area contributed by atoms with Gasteiger partial charge in [-0.2, -0.15) is 0 Å². The third-order valence-corrected chi connectivity index (χ3v) is 5.87. The van der Waals surface area contributed by atoms with E-state index in [1.807, 2.05) is 0 Å². The van der Waals surface area contributed by atoms with Crippen molar-refractivity contribution in [1.29, 1.82) is 0 Å². The average molecular weight is 253 g/mol. The Morgan fingerprint density at radius 1 is 1.11 bits per heavy atom. The standard InChI is InChI=1S/C15H27NO2/c1-10(16-8-14(18)9-17)15-5-11-2-12(6-15)4-13(3-11)7-15/h10-14,16-18H,2-9H2,1H3/t10-,11?,12?,13?,14+,15?/m1/s1. The summed E-state index contributed by atoms with van der Waals surface area (Å²) in [7, 11) is 0. The summed E-state index contributed by atoms with van der Waals surface area (Å²) >= 11 is 0. The molecule has 0 aromatic carbocycles. The van der Waals surface area contributed by atoms with Crippen molar-refractivity contribution >= 4 is 0 Å². The van der Waals surface area contributed by atoms with E-state index in [1.165, 1.54) is 38.5 Å². The van der Waals surface area contributed by atoms with Gasteiger partial charge in [0.25, 0.3) is 0 Å². The van der Waals surface area contributed by atoms with E-state index in [-0.39, 0.29) is 6.61 Å². The van der Waals surface area contributed by atoms with Crippen LogP contribution >= 0.6 is 0 Å². The molecule has 4 aliphatic rings. The molecule has 4 bridgehead atoms. The molecular formula is C15H27NO2. The lowest BCUT2D eigenvalue weighted by molar-refractivity contribution is -0.0720. The molecule has 0 unspecified atom stereocenters. The van der Waals surface area contributed by atoms with Gasteiger partial charge in [-0.05, 0) is 68.6 Å². The molecule has 0 aliphatic heterocycles. The predicted molar refractivity (Wildman–Crippen MR) is 71.2 cm³/mol. The van der Waals surface area contributed by atoms with Crippen LogP contribution in [0.2, 0.25) is 0 Å². The summed E-state index contributed by atoms with van der Waals surface area (Å²) in [6.45, 7) is 2.68. The van der Waals surface area contributed by atoms with Gasteiger partial charge in [-0.3, -0.25) is 0 Å². The van der Waals surface area contributed by atoms with Crippen molar-refractivity contribution < 1.29 is 10.2 Å². The highest BCUT2D eigenvalue weighted by atomic mass is 16.3. The molecule has 0 spiro atoms. The lowest BCUT2D eigenvalue weighted by Gasteiger charge is -2.59. The quantitative estimate of drug-likeness (QED) is 0.696. The van der Waals surface area contributed by atoms with Gasteiger partial charge >= 0.3 is 0 Å². The van der Waals surface area contributed by atoms with Gasteiger partial charge in [0, 0.05) is 12.6 Å². The predicted octanol–water partition coefficient (Wildman–Crippen LogP) is 1.53. The fourth-order valence-corrected chi connectivity index (χ4v) is 5.30. The van der Waals surface area contributed by atoms with Gasteiger partial charge < -0.3 is 15.5 Å². The van der Waals surface area contributed by atoms with Crippen LogP contribution in [-0.4, -0.2) is 35.5 Å². The van der Waals surface area contributed by atoms with Gasteiger partial charge in [0.1, 0.15) is 0 Å². The zero-order valence-corrected chi connectivity index (χ0v) is 11.4. The van der Waals surface area contributed by atoms with Crippen molar-refractivity contribution in [3.63, 3.8) is 0 Å². The van der Waals surface area contributed by atoms with Crippen molar-refractivity contribution in [2.45, 2.75) is 57.6 Å². The summed E-state index contributed by atoms with van der Waals surface area (Å²) in [6.07, 6.45) is 8.00. The molecule has 0 aromatic rings. The van der Waals surface area contributed by atoms with Gasteiger partial charge in [-0.15, -0.1) is 0 Å². The molecule has 2 atom stereocenters. The minimum Gasteiger partial charge on any atom is -0.394 e. The first-order valence-electron chi connectivity index (χ1n) is 7.63. The van der Waals surface area contributed by atoms with Crippen molar-refractivity contribution in [1.82, 2.24) is 5.32 Å². The summed E-state index contributed by atoms with van der Waals surface area (Å²) in [5.74, 6) is 2.93. The van der Waals surface area contributed by atoms with Crippen LogP contribution in [0.3, 0.4) is 0 Å². The third kappa shape index (κ3) is 2.21. The van der Waals surface area contributed by atoms with Crippen LogP contribution < -0.4 is 5.32 Å². The topological polar surface area (TPSA) is 52.5 Å². The zero-order chi connectivity index (χ0) is 12.8. The molecule has 4 saturated carbocycles. The number of hydrogen-bond acceptors (Lipinski definition) is 3.